The van der Waals surface area contributed by atoms with Crippen molar-refractivity contribution in [2.45, 2.75) is 39.5 Å². The fraction of sp³-hybridized carbons (Fsp3) is 0.440. The van der Waals surface area contributed by atoms with Gasteiger partial charge in [0, 0.05) is 18.0 Å². The minimum Gasteiger partial charge on any atom is -0.497 e. The standard InChI is InChI=1S/C25H30N2O9/c1-6-33-22(28)19(23(29)34-7-2)16-13-15(32-5)14-17(18(16)21-26-11-10-12-27-21)20(24(30)35-8-3)25(31)36-9-4/h10-14,19-20H,6-9H2,1-5H3. The molecule has 11 heteroatoms. The molecule has 0 fully saturated rings. The highest BCUT2D eigenvalue weighted by atomic mass is 16.6. The van der Waals surface area contributed by atoms with Gasteiger partial charge in [-0.25, -0.2) is 9.97 Å². The van der Waals surface area contributed by atoms with Crippen molar-refractivity contribution in [2.75, 3.05) is 33.5 Å². The van der Waals surface area contributed by atoms with E-state index in [1.807, 2.05) is 0 Å². The van der Waals surface area contributed by atoms with Gasteiger partial charge in [0.1, 0.15) is 5.75 Å². The molecule has 2 aromatic rings. The molecule has 2 rings (SSSR count). The van der Waals surface area contributed by atoms with Crippen LogP contribution < -0.4 is 4.74 Å². The van der Waals surface area contributed by atoms with Crippen LogP contribution in [0.25, 0.3) is 11.4 Å². The Morgan fingerprint density at radius 2 is 1.06 bits per heavy atom. The third-order valence-corrected chi connectivity index (χ3v) is 4.91. The Morgan fingerprint density at radius 3 is 1.36 bits per heavy atom. The maximum Gasteiger partial charge on any atom is 0.324 e. The van der Waals surface area contributed by atoms with Crippen LogP contribution in [0.5, 0.6) is 5.75 Å². The van der Waals surface area contributed by atoms with E-state index in [9.17, 15) is 19.2 Å². The van der Waals surface area contributed by atoms with Crippen molar-refractivity contribution in [3.8, 4) is 17.1 Å². The van der Waals surface area contributed by atoms with Gasteiger partial charge >= 0.3 is 23.9 Å². The second-order valence-electron chi connectivity index (χ2n) is 7.13. The Morgan fingerprint density at radius 1 is 0.694 bits per heavy atom. The third kappa shape index (κ3) is 6.55. The van der Waals surface area contributed by atoms with E-state index >= 15 is 0 Å². The molecule has 194 valence electrons. The Balaban J connectivity index is 3.00. The van der Waals surface area contributed by atoms with E-state index in [2.05, 4.69) is 9.97 Å². The monoisotopic (exact) mass is 502 g/mol. The SMILES string of the molecule is CCOC(=O)C(C(=O)OCC)c1cc(OC)cc(C(C(=O)OCC)C(=O)OCC)c1-c1ncccn1. The van der Waals surface area contributed by atoms with Gasteiger partial charge in [0.25, 0.3) is 0 Å². The van der Waals surface area contributed by atoms with Crippen LogP contribution in [0.2, 0.25) is 0 Å². The van der Waals surface area contributed by atoms with Crippen LogP contribution >= 0.6 is 0 Å². The van der Waals surface area contributed by atoms with Crippen LogP contribution in [-0.4, -0.2) is 67.4 Å². The van der Waals surface area contributed by atoms with Crippen molar-refractivity contribution in [1.82, 2.24) is 9.97 Å². The van der Waals surface area contributed by atoms with E-state index in [0.717, 1.165) is 0 Å². The highest BCUT2D eigenvalue weighted by Gasteiger charge is 2.40. The number of hydrogen-bond donors (Lipinski definition) is 0. The highest BCUT2D eigenvalue weighted by Crippen LogP contribution is 2.40. The maximum absolute atomic E-state index is 13.0. The van der Waals surface area contributed by atoms with E-state index in [-0.39, 0.29) is 54.7 Å². The lowest BCUT2D eigenvalue weighted by Crippen LogP contribution is -2.30. The molecule has 0 unspecified atom stereocenters. The van der Waals surface area contributed by atoms with Crippen molar-refractivity contribution in [3.63, 3.8) is 0 Å². The Bertz CT molecular complexity index is 975. The molecule has 11 nitrogen and oxygen atoms in total. The van der Waals surface area contributed by atoms with Crippen LogP contribution in [0.15, 0.2) is 30.6 Å². The normalized spacial score (nSPS) is 10.6. The summed E-state index contributed by atoms with van der Waals surface area (Å²) in [5.74, 6) is -6.54. The first-order chi connectivity index (χ1) is 17.3. The predicted octanol–water partition coefficient (Wildman–Crippen LogP) is 2.57. The topological polar surface area (TPSA) is 140 Å². The zero-order valence-corrected chi connectivity index (χ0v) is 20.9. The molecule has 0 N–H and O–H groups in total. The first kappa shape index (κ1) is 28.2. The summed E-state index contributed by atoms with van der Waals surface area (Å²) in [5.41, 5.74) is 0.144. The van der Waals surface area contributed by atoms with Gasteiger partial charge in [-0.1, -0.05) is 0 Å². The van der Waals surface area contributed by atoms with Crippen LogP contribution in [0.1, 0.15) is 50.7 Å². The van der Waals surface area contributed by atoms with E-state index in [4.69, 9.17) is 23.7 Å². The second-order valence-corrected chi connectivity index (χ2v) is 7.13. The van der Waals surface area contributed by atoms with Crippen LogP contribution in [0, 0.1) is 0 Å². The molecule has 0 radical (unpaired) electrons. The average molecular weight is 503 g/mol. The van der Waals surface area contributed by atoms with Gasteiger partial charge in [0.2, 0.25) is 0 Å². The summed E-state index contributed by atoms with van der Waals surface area (Å²) in [4.78, 5) is 60.5. The number of ether oxygens (including phenoxy) is 5. The molecular formula is C25H30N2O9. The Hall–Kier alpha value is -4.02. The average Bonchev–Trinajstić information content (AvgIpc) is 2.85. The number of aromatic nitrogens is 2. The summed E-state index contributed by atoms with van der Waals surface area (Å²) < 4.78 is 26.0. The van der Waals surface area contributed by atoms with Crippen LogP contribution in [0.3, 0.4) is 0 Å². The summed E-state index contributed by atoms with van der Waals surface area (Å²) >= 11 is 0. The first-order valence-corrected chi connectivity index (χ1v) is 11.5. The van der Waals surface area contributed by atoms with Crippen molar-refractivity contribution < 1.29 is 42.9 Å². The molecule has 0 bridgehead atoms. The maximum atomic E-state index is 13.0. The first-order valence-electron chi connectivity index (χ1n) is 11.5. The molecule has 0 atom stereocenters. The molecule has 0 spiro atoms. The number of nitrogens with zero attached hydrogens (tertiary/aromatic N) is 2. The molecule has 0 saturated carbocycles. The summed E-state index contributed by atoms with van der Waals surface area (Å²) in [6.07, 6.45) is 2.88. The molecular weight excluding hydrogens is 472 g/mol. The summed E-state index contributed by atoms with van der Waals surface area (Å²) in [6.45, 7) is 6.36. The highest BCUT2D eigenvalue weighted by molar-refractivity contribution is 6.05. The fourth-order valence-electron chi connectivity index (χ4n) is 3.52. The quantitative estimate of drug-likeness (QED) is 0.240. The smallest absolute Gasteiger partial charge is 0.324 e. The number of carbonyl (C=O) groups is 4. The molecule has 36 heavy (non-hydrogen) atoms. The van der Waals surface area contributed by atoms with Gasteiger partial charge in [0.15, 0.2) is 17.7 Å². The largest absolute Gasteiger partial charge is 0.497 e. The van der Waals surface area contributed by atoms with E-state index < -0.39 is 35.7 Å². The van der Waals surface area contributed by atoms with Crippen LogP contribution in [-0.2, 0) is 38.1 Å². The van der Waals surface area contributed by atoms with Crippen molar-refractivity contribution in [3.05, 3.63) is 41.7 Å². The number of carbonyl (C=O) groups excluding carboxylic acids is 4. The lowest BCUT2D eigenvalue weighted by Gasteiger charge is -2.23. The van der Waals surface area contributed by atoms with Gasteiger partial charge in [-0.15, -0.1) is 0 Å². The van der Waals surface area contributed by atoms with Gasteiger partial charge in [-0.3, -0.25) is 19.2 Å². The second kappa shape index (κ2) is 13.8. The number of benzene rings is 1. The van der Waals surface area contributed by atoms with Gasteiger partial charge in [-0.05, 0) is 57.0 Å². The summed E-state index contributed by atoms with van der Waals surface area (Å²) in [6, 6.07) is 4.40. The number of hydrogen-bond acceptors (Lipinski definition) is 11. The van der Waals surface area contributed by atoms with E-state index in [1.54, 1.807) is 33.8 Å². The Labute approximate surface area is 209 Å². The van der Waals surface area contributed by atoms with Crippen molar-refractivity contribution >= 4 is 23.9 Å². The van der Waals surface area contributed by atoms with Crippen molar-refractivity contribution in [2.24, 2.45) is 0 Å². The minimum atomic E-state index is -1.58. The minimum absolute atomic E-state index is 0.00297. The van der Waals surface area contributed by atoms with Crippen molar-refractivity contribution in [1.29, 1.82) is 0 Å². The summed E-state index contributed by atoms with van der Waals surface area (Å²) in [5, 5.41) is 0. The molecule has 0 amide bonds. The number of rotatable bonds is 12. The number of esters is 4. The van der Waals surface area contributed by atoms with E-state index in [0.29, 0.717) is 0 Å². The van der Waals surface area contributed by atoms with Crippen LogP contribution in [0.4, 0.5) is 0 Å². The lowest BCUT2D eigenvalue weighted by molar-refractivity contribution is -0.158. The zero-order valence-electron chi connectivity index (χ0n) is 20.9. The molecule has 1 aromatic heterocycles. The van der Waals surface area contributed by atoms with Gasteiger partial charge in [-0.2, -0.15) is 0 Å². The fourth-order valence-corrected chi connectivity index (χ4v) is 3.52. The molecule has 1 aromatic carbocycles. The summed E-state index contributed by atoms with van der Waals surface area (Å²) in [7, 11) is 1.36. The molecule has 0 aliphatic heterocycles. The predicted molar refractivity (Wildman–Crippen MR) is 126 cm³/mol. The number of methoxy groups -OCH3 is 1. The molecule has 1 heterocycles. The Kier molecular flexibility index (Phi) is 10.8. The van der Waals surface area contributed by atoms with Gasteiger partial charge in [0.05, 0.1) is 33.5 Å². The van der Waals surface area contributed by atoms with Gasteiger partial charge < -0.3 is 23.7 Å². The third-order valence-electron chi connectivity index (χ3n) is 4.91. The lowest BCUT2D eigenvalue weighted by atomic mass is 9.85. The molecule has 0 saturated heterocycles. The molecule has 0 aliphatic rings. The van der Waals surface area contributed by atoms with E-state index in [1.165, 1.54) is 31.6 Å². The molecule has 0 aliphatic carbocycles. The zero-order chi connectivity index (χ0) is 26.7.